The quantitative estimate of drug-likeness (QED) is 0.796. The average molecular weight is 191 g/mol. The minimum atomic E-state index is 0.632. The van der Waals surface area contributed by atoms with Gasteiger partial charge in [0, 0.05) is 24.2 Å². The molecule has 0 spiro atoms. The predicted octanol–water partition coefficient (Wildman–Crippen LogP) is 2.27. The largest absolute Gasteiger partial charge is 0.373 e. The molecule has 76 valence electrons. The highest BCUT2D eigenvalue weighted by Gasteiger charge is 2.27. The monoisotopic (exact) mass is 191 g/mol. The topological polar surface area (TPSA) is 37.8 Å². The van der Waals surface area contributed by atoms with Crippen molar-refractivity contribution in [3.05, 3.63) is 17.1 Å². The molecule has 14 heavy (non-hydrogen) atoms. The molecule has 1 fully saturated rings. The van der Waals surface area contributed by atoms with E-state index >= 15 is 0 Å². The van der Waals surface area contributed by atoms with Gasteiger partial charge in [0.2, 0.25) is 0 Å². The summed E-state index contributed by atoms with van der Waals surface area (Å²) >= 11 is 0. The zero-order valence-electron chi connectivity index (χ0n) is 9.09. The molecule has 1 heterocycles. The van der Waals surface area contributed by atoms with Crippen molar-refractivity contribution >= 4 is 5.82 Å². The van der Waals surface area contributed by atoms with Crippen LogP contribution in [0.4, 0.5) is 5.82 Å². The first kappa shape index (κ1) is 9.44. The zero-order valence-corrected chi connectivity index (χ0v) is 9.09. The van der Waals surface area contributed by atoms with Gasteiger partial charge in [-0.25, -0.2) is 9.97 Å². The molecule has 1 aromatic rings. The predicted molar refractivity (Wildman–Crippen MR) is 57.7 cm³/mol. The first-order valence-corrected chi connectivity index (χ1v) is 5.31. The van der Waals surface area contributed by atoms with Gasteiger partial charge in [-0.1, -0.05) is 6.92 Å². The molecular weight excluding hydrogens is 174 g/mol. The molecule has 0 atom stereocenters. The number of hydrogen-bond donors (Lipinski definition) is 1. The van der Waals surface area contributed by atoms with Gasteiger partial charge in [-0.3, -0.25) is 0 Å². The molecule has 1 aliphatic rings. The summed E-state index contributed by atoms with van der Waals surface area (Å²) in [4.78, 5) is 9.15. The molecule has 0 aromatic carbocycles. The lowest BCUT2D eigenvalue weighted by molar-refractivity contribution is 0.867. The van der Waals surface area contributed by atoms with Crippen LogP contribution in [0.25, 0.3) is 0 Å². The summed E-state index contributed by atoms with van der Waals surface area (Å²) in [6.45, 7) is 4.23. The maximum absolute atomic E-state index is 4.61. The number of nitrogens with zero attached hydrogens (tertiary/aromatic N) is 2. The summed E-state index contributed by atoms with van der Waals surface area (Å²) < 4.78 is 0. The highest BCUT2D eigenvalue weighted by Crippen LogP contribution is 2.38. The molecular formula is C11H17N3. The number of rotatable bonds is 3. The van der Waals surface area contributed by atoms with E-state index in [1.807, 2.05) is 7.05 Å². The van der Waals surface area contributed by atoms with Crippen molar-refractivity contribution in [2.45, 2.75) is 39.0 Å². The van der Waals surface area contributed by atoms with Crippen LogP contribution in [0.3, 0.4) is 0 Å². The Labute approximate surface area is 85.0 Å². The second-order valence-electron chi connectivity index (χ2n) is 3.88. The summed E-state index contributed by atoms with van der Waals surface area (Å²) in [5.74, 6) is 2.67. The average Bonchev–Trinajstić information content (AvgIpc) is 3.02. The summed E-state index contributed by atoms with van der Waals surface area (Å²) in [5.41, 5.74) is 2.38. The van der Waals surface area contributed by atoms with E-state index in [-0.39, 0.29) is 0 Å². The van der Waals surface area contributed by atoms with Crippen molar-refractivity contribution in [1.29, 1.82) is 0 Å². The minimum Gasteiger partial charge on any atom is -0.373 e. The van der Waals surface area contributed by atoms with Crippen LogP contribution < -0.4 is 5.32 Å². The van der Waals surface area contributed by atoms with Crippen LogP contribution in [-0.2, 0) is 6.42 Å². The lowest BCUT2D eigenvalue weighted by Gasteiger charge is -2.10. The van der Waals surface area contributed by atoms with Gasteiger partial charge in [0.05, 0.1) is 0 Å². The highest BCUT2D eigenvalue weighted by atomic mass is 15.0. The number of nitrogens with one attached hydrogen (secondary N) is 1. The second kappa shape index (κ2) is 3.56. The van der Waals surface area contributed by atoms with Crippen LogP contribution in [0.1, 0.15) is 42.8 Å². The highest BCUT2D eigenvalue weighted by molar-refractivity contribution is 5.45. The van der Waals surface area contributed by atoms with Crippen LogP contribution >= 0.6 is 0 Å². The van der Waals surface area contributed by atoms with E-state index in [4.69, 9.17) is 0 Å². The number of aryl methyl sites for hydroxylation is 1. The molecule has 0 unspecified atom stereocenters. The Kier molecular flexibility index (Phi) is 2.40. The van der Waals surface area contributed by atoms with E-state index < -0.39 is 0 Å². The fourth-order valence-electron chi connectivity index (χ4n) is 1.69. The lowest BCUT2D eigenvalue weighted by Crippen LogP contribution is -2.06. The van der Waals surface area contributed by atoms with Crippen molar-refractivity contribution in [2.24, 2.45) is 0 Å². The van der Waals surface area contributed by atoms with Crippen LogP contribution in [-0.4, -0.2) is 17.0 Å². The Bertz CT molecular complexity index is 317. The van der Waals surface area contributed by atoms with Crippen molar-refractivity contribution in [1.82, 2.24) is 9.97 Å². The first-order chi connectivity index (χ1) is 6.76. The summed E-state index contributed by atoms with van der Waals surface area (Å²) in [6, 6.07) is 0. The normalized spacial score (nSPS) is 15.6. The molecule has 1 aliphatic carbocycles. The van der Waals surface area contributed by atoms with Gasteiger partial charge >= 0.3 is 0 Å². The SMILES string of the molecule is CCc1nc(C2CC2)nc(NC)c1C. The Hall–Kier alpha value is -1.12. The molecule has 0 radical (unpaired) electrons. The molecule has 2 rings (SSSR count). The molecule has 1 aromatic heterocycles. The Morgan fingerprint density at radius 3 is 2.57 bits per heavy atom. The molecule has 0 bridgehead atoms. The third-order valence-electron chi connectivity index (χ3n) is 2.78. The summed E-state index contributed by atoms with van der Waals surface area (Å²) in [6.07, 6.45) is 3.51. The number of aromatic nitrogens is 2. The third kappa shape index (κ3) is 1.59. The van der Waals surface area contributed by atoms with E-state index in [9.17, 15) is 0 Å². The van der Waals surface area contributed by atoms with Crippen molar-refractivity contribution in [2.75, 3.05) is 12.4 Å². The molecule has 3 heteroatoms. The fourth-order valence-corrected chi connectivity index (χ4v) is 1.69. The molecule has 1 saturated carbocycles. The molecule has 3 nitrogen and oxygen atoms in total. The maximum atomic E-state index is 4.61. The second-order valence-corrected chi connectivity index (χ2v) is 3.88. The fraction of sp³-hybridized carbons (Fsp3) is 0.636. The van der Waals surface area contributed by atoms with E-state index in [2.05, 4.69) is 29.1 Å². The van der Waals surface area contributed by atoms with Crippen LogP contribution in [0.15, 0.2) is 0 Å². The smallest absolute Gasteiger partial charge is 0.134 e. The zero-order chi connectivity index (χ0) is 10.1. The summed E-state index contributed by atoms with van der Waals surface area (Å²) in [7, 11) is 1.92. The van der Waals surface area contributed by atoms with Gasteiger partial charge in [0.15, 0.2) is 0 Å². The standard InChI is InChI=1S/C11H17N3/c1-4-9-7(2)10(12-3)14-11(13-9)8-5-6-8/h8H,4-6H2,1-3H3,(H,12,13,14). The molecule has 0 saturated heterocycles. The van der Waals surface area contributed by atoms with Gasteiger partial charge in [0.1, 0.15) is 11.6 Å². The van der Waals surface area contributed by atoms with Crippen LogP contribution in [0, 0.1) is 6.92 Å². The number of anilines is 1. The van der Waals surface area contributed by atoms with Crippen molar-refractivity contribution in [3.8, 4) is 0 Å². The van der Waals surface area contributed by atoms with Gasteiger partial charge in [-0.05, 0) is 26.2 Å². The molecule has 1 N–H and O–H groups in total. The van der Waals surface area contributed by atoms with Crippen LogP contribution in [0.5, 0.6) is 0 Å². The maximum Gasteiger partial charge on any atom is 0.134 e. The van der Waals surface area contributed by atoms with Gasteiger partial charge < -0.3 is 5.32 Å². The molecule has 0 amide bonds. The van der Waals surface area contributed by atoms with Gasteiger partial charge in [0.25, 0.3) is 0 Å². The third-order valence-corrected chi connectivity index (χ3v) is 2.78. The molecule has 0 aliphatic heterocycles. The van der Waals surface area contributed by atoms with Crippen molar-refractivity contribution < 1.29 is 0 Å². The Morgan fingerprint density at radius 1 is 1.36 bits per heavy atom. The Morgan fingerprint density at radius 2 is 2.07 bits per heavy atom. The van der Waals surface area contributed by atoms with Gasteiger partial charge in [-0.2, -0.15) is 0 Å². The van der Waals surface area contributed by atoms with E-state index in [0.717, 1.165) is 18.1 Å². The first-order valence-electron chi connectivity index (χ1n) is 5.31. The van der Waals surface area contributed by atoms with Gasteiger partial charge in [-0.15, -0.1) is 0 Å². The van der Waals surface area contributed by atoms with E-state index in [1.165, 1.54) is 24.1 Å². The number of hydrogen-bond acceptors (Lipinski definition) is 3. The minimum absolute atomic E-state index is 0.632. The van der Waals surface area contributed by atoms with Crippen molar-refractivity contribution in [3.63, 3.8) is 0 Å². The van der Waals surface area contributed by atoms with E-state index in [1.54, 1.807) is 0 Å². The lowest BCUT2D eigenvalue weighted by atomic mass is 10.2. The summed E-state index contributed by atoms with van der Waals surface area (Å²) in [5, 5.41) is 3.14. The van der Waals surface area contributed by atoms with Crippen LogP contribution in [0.2, 0.25) is 0 Å². The Balaban J connectivity index is 2.43. The van der Waals surface area contributed by atoms with E-state index in [0.29, 0.717) is 5.92 Å².